The highest BCUT2D eigenvalue weighted by molar-refractivity contribution is 5.89. The summed E-state index contributed by atoms with van der Waals surface area (Å²) in [6.07, 6.45) is 0. The lowest BCUT2D eigenvalue weighted by Crippen LogP contribution is -2.60. The molecule has 2 N–H and O–H groups in total. The minimum atomic E-state index is -1.21. The third kappa shape index (κ3) is 2.83. The molecule has 0 radical (unpaired) electrons. The van der Waals surface area contributed by atoms with Crippen molar-refractivity contribution in [1.82, 2.24) is 4.90 Å². The van der Waals surface area contributed by atoms with Crippen LogP contribution in [0.2, 0.25) is 0 Å². The van der Waals surface area contributed by atoms with Gasteiger partial charge in [-0.15, -0.1) is 0 Å². The first-order valence-electron chi connectivity index (χ1n) is 7.17. The van der Waals surface area contributed by atoms with Crippen molar-refractivity contribution >= 4 is 11.8 Å². The molecule has 2 rings (SSSR count). The highest BCUT2D eigenvalue weighted by Crippen LogP contribution is 2.30. The Hall–Kier alpha value is -1.95. The van der Waals surface area contributed by atoms with Crippen molar-refractivity contribution in [3.05, 3.63) is 35.6 Å². The molecular weight excluding hydrogens is 287 g/mol. The predicted octanol–water partition coefficient (Wildman–Crippen LogP) is 1.21. The number of morpholine rings is 1. The summed E-state index contributed by atoms with van der Waals surface area (Å²) in [6.45, 7) is 5.54. The van der Waals surface area contributed by atoms with Crippen LogP contribution in [0.3, 0.4) is 0 Å². The van der Waals surface area contributed by atoms with Crippen molar-refractivity contribution in [1.29, 1.82) is 0 Å². The van der Waals surface area contributed by atoms with Crippen LogP contribution in [0.1, 0.15) is 26.3 Å². The Bertz CT molecular complexity index is 603. The molecule has 1 aromatic rings. The Morgan fingerprint density at radius 3 is 2.59 bits per heavy atom. The molecule has 0 spiro atoms. The molecule has 5 nitrogen and oxygen atoms in total. The maximum Gasteiger partial charge on any atom is 0.251 e. The number of rotatable bonds is 3. The van der Waals surface area contributed by atoms with Crippen LogP contribution >= 0.6 is 0 Å². The Kier molecular flexibility index (Phi) is 4.24. The van der Waals surface area contributed by atoms with Gasteiger partial charge in [-0.2, -0.15) is 0 Å². The summed E-state index contributed by atoms with van der Waals surface area (Å²) in [5.74, 6) is -1.30. The maximum atomic E-state index is 14.0. The quantitative estimate of drug-likeness (QED) is 0.912. The molecule has 120 valence electrons. The first-order chi connectivity index (χ1) is 10.2. The van der Waals surface area contributed by atoms with Gasteiger partial charge in [0.15, 0.2) is 5.60 Å². The van der Waals surface area contributed by atoms with Gasteiger partial charge in [-0.25, -0.2) is 4.39 Å². The lowest BCUT2D eigenvalue weighted by Gasteiger charge is -2.41. The van der Waals surface area contributed by atoms with E-state index in [0.717, 1.165) is 0 Å². The number of carbonyl (C=O) groups excluding carboxylic acids is 2. The molecule has 1 saturated heterocycles. The summed E-state index contributed by atoms with van der Waals surface area (Å²) in [6, 6.07) is 6.21. The molecule has 6 heteroatoms. The smallest absolute Gasteiger partial charge is 0.251 e. The van der Waals surface area contributed by atoms with Gasteiger partial charge in [0, 0.05) is 12.1 Å². The molecular formula is C16H21FN2O3. The van der Waals surface area contributed by atoms with Gasteiger partial charge in [0.1, 0.15) is 5.82 Å². The van der Waals surface area contributed by atoms with Crippen molar-refractivity contribution in [3.8, 4) is 0 Å². The van der Waals surface area contributed by atoms with Gasteiger partial charge in [-0.1, -0.05) is 18.2 Å². The first kappa shape index (κ1) is 16.4. The Morgan fingerprint density at radius 1 is 1.36 bits per heavy atom. The highest BCUT2D eigenvalue weighted by atomic mass is 19.1. The molecule has 1 atom stereocenters. The Balaban J connectivity index is 2.27. The lowest BCUT2D eigenvalue weighted by atomic mass is 9.82. The van der Waals surface area contributed by atoms with E-state index in [4.69, 9.17) is 10.5 Å². The zero-order valence-electron chi connectivity index (χ0n) is 13.1. The standard InChI is InChI=1S/C16H21FN2O3/c1-15(2,11-6-4-5-7-12(11)17)14(21)19-8-9-22-16(3,10-19)13(18)20/h4-7H,8-10H2,1-3H3,(H2,18,20)/t16-/m1/s1. The summed E-state index contributed by atoms with van der Waals surface area (Å²) in [7, 11) is 0. The third-order valence-corrected chi connectivity index (χ3v) is 4.16. The molecule has 1 aromatic carbocycles. The fourth-order valence-corrected chi connectivity index (χ4v) is 2.67. The first-order valence-corrected chi connectivity index (χ1v) is 7.17. The predicted molar refractivity (Wildman–Crippen MR) is 79.6 cm³/mol. The van der Waals surface area contributed by atoms with Crippen LogP contribution in [0.25, 0.3) is 0 Å². The molecule has 0 saturated carbocycles. The number of ether oxygens (including phenoxy) is 1. The van der Waals surface area contributed by atoms with E-state index in [1.54, 1.807) is 39.0 Å². The second-order valence-corrected chi connectivity index (χ2v) is 6.28. The van der Waals surface area contributed by atoms with Crippen LogP contribution in [-0.4, -0.2) is 42.0 Å². The van der Waals surface area contributed by atoms with E-state index in [1.807, 2.05) is 0 Å². The van der Waals surface area contributed by atoms with Crippen LogP contribution in [-0.2, 0) is 19.7 Å². The number of hydrogen-bond donors (Lipinski definition) is 1. The van der Waals surface area contributed by atoms with Crippen molar-refractivity contribution in [2.75, 3.05) is 19.7 Å². The van der Waals surface area contributed by atoms with E-state index in [9.17, 15) is 14.0 Å². The molecule has 0 aromatic heterocycles. The van der Waals surface area contributed by atoms with Crippen LogP contribution in [0.4, 0.5) is 4.39 Å². The second kappa shape index (κ2) is 5.68. The normalized spacial score (nSPS) is 22.5. The maximum absolute atomic E-state index is 14.0. The average molecular weight is 308 g/mol. The molecule has 0 aliphatic carbocycles. The largest absolute Gasteiger partial charge is 0.367 e. The zero-order valence-corrected chi connectivity index (χ0v) is 13.1. The minimum absolute atomic E-state index is 0.0685. The summed E-state index contributed by atoms with van der Waals surface area (Å²) in [5, 5.41) is 0. The number of nitrogens with zero attached hydrogens (tertiary/aromatic N) is 1. The number of carbonyl (C=O) groups is 2. The molecule has 22 heavy (non-hydrogen) atoms. The van der Waals surface area contributed by atoms with Crippen LogP contribution in [0.5, 0.6) is 0 Å². The van der Waals surface area contributed by atoms with Gasteiger partial charge < -0.3 is 15.4 Å². The second-order valence-electron chi connectivity index (χ2n) is 6.28. The molecule has 0 bridgehead atoms. The van der Waals surface area contributed by atoms with Crippen molar-refractivity contribution in [2.45, 2.75) is 31.8 Å². The molecule has 2 amide bonds. The van der Waals surface area contributed by atoms with Crippen LogP contribution < -0.4 is 5.73 Å². The summed E-state index contributed by atoms with van der Waals surface area (Å²) < 4.78 is 19.4. The van der Waals surface area contributed by atoms with Gasteiger partial charge >= 0.3 is 0 Å². The number of benzene rings is 1. The SMILES string of the molecule is CC(C)(C(=O)N1CCO[C@@](C)(C(N)=O)C1)c1ccccc1F. The van der Waals surface area contributed by atoms with Gasteiger partial charge in [-0.3, -0.25) is 9.59 Å². The summed E-state index contributed by atoms with van der Waals surface area (Å²) >= 11 is 0. The van der Waals surface area contributed by atoms with Crippen molar-refractivity contribution < 1.29 is 18.7 Å². The number of amides is 2. The van der Waals surface area contributed by atoms with Gasteiger partial charge in [0.25, 0.3) is 5.91 Å². The van der Waals surface area contributed by atoms with Crippen molar-refractivity contribution in [2.24, 2.45) is 5.73 Å². The third-order valence-electron chi connectivity index (χ3n) is 4.16. The van der Waals surface area contributed by atoms with E-state index >= 15 is 0 Å². The van der Waals surface area contributed by atoms with Gasteiger partial charge in [0.05, 0.1) is 18.6 Å². The number of nitrogens with two attached hydrogens (primary N) is 1. The molecule has 1 aliphatic heterocycles. The van der Waals surface area contributed by atoms with Gasteiger partial charge in [0.2, 0.25) is 5.91 Å². The Morgan fingerprint density at radius 2 is 2.00 bits per heavy atom. The van der Waals surface area contributed by atoms with E-state index in [-0.39, 0.29) is 19.1 Å². The number of primary amides is 1. The number of hydrogen-bond acceptors (Lipinski definition) is 3. The highest BCUT2D eigenvalue weighted by Gasteiger charge is 2.43. The molecule has 0 unspecified atom stereocenters. The monoisotopic (exact) mass is 308 g/mol. The van der Waals surface area contributed by atoms with Crippen molar-refractivity contribution in [3.63, 3.8) is 0 Å². The number of halogens is 1. The topological polar surface area (TPSA) is 72.6 Å². The zero-order chi connectivity index (χ0) is 16.5. The summed E-state index contributed by atoms with van der Waals surface area (Å²) in [5.41, 5.74) is 3.42. The molecule has 1 heterocycles. The van der Waals surface area contributed by atoms with Gasteiger partial charge in [-0.05, 0) is 26.8 Å². The minimum Gasteiger partial charge on any atom is -0.367 e. The van der Waals surface area contributed by atoms with E-state index < -0.39 is 22.7 Å². The van der Waals surface area contributed by atoms with E-state index in [0.29, 0.717) is 12.1 Å². The van der Waals surface area contributed by atoms with E-state index in [1.165, 1.54) is 11.0 Å². The van der Waals surface area contributed by atoms with Crippen LogP contribution in [0.15, 0.2) is 24.3 Å². The van der Waals surface area contributed by atoms with E-state index in [2.05, 4.69) is 0 Å². The van der Waals surface area contributed by atoms with Crippen LogP contribution in [0, 0.1) is 5.82 Å². The average Bonchev–Trinajstić information content (AvgIpc) is 2.46. The molecule has 1 aliphatic rings. The fraction of sp³-hybridized carbons (Fsp3) is 0.500. The lowest BCUT2D eigenvalue weighted by molar-refractivity contribution is -0.162. The fourth-order valence-electron chi connectivity index (χ4n) is 2.67. The Labute approximate surface area is 129 Å². The summed E-state index contributed by atoms with van der Waals surface area (Å²) in [4.78, 5) is 25.9. The molecule has 1 fully saturated rings.